The summed E-state index contributed by atoms with van der Waals surface area (Å²) in [5.74, 6) is 0.776. The van der Waals surface area contributed by atoms with Crippen molar-refractivity contribution in [3.8, 4) is 11.5 Å². The van der Waals surface area contributed by atoms with Gasteiger partial charge in [-0.15, -0.1) is 0 Å². The van der Waals surface area contributed by atoms with Crippen LogP contribution in [0.5, 0.6) is 11.5 Å². The molecule has 9 heteroatoms. The van der Waals surface area contributed by atoms with Gasteiger partial charge in [0, 0.05) is 5.56 Å². The van der Waals surface area contributed by atoms with Gasteiger partial charge >= 0.3 is 11.9 Å². The van der Waals surface area contributed by atoms with Crippen molar-refractivity contribution >= 4 is 29.3 Å². The fraction of sp³-hybridized carbons (Fsp3) is 0.205. The van der Waals surface area contributed by atoms with Crippen LogP contribution in [0.15, 0.2) is 125 Å². The zero-order valence-corrected chi connectivity index (χ0v) is 27.3. The average molecular weight is 644 g/mol. The minimum absolute atomic E-state index is 0.169. The van der Waals surface area contributed by atoms with E-state index in [4.69, 9.17) is 23.9 Å². The van der Waals surface area contributed by atoms with Gasteiger partial charge in [0.2, 0.25) is 5.96 Å². The molecule has 1 N–H and O–H groups in total. The molecule has 2 aliphatic heterocycles. The lowest BCUT2D eigenvalue weighted by Crippen LogP contribution is -2.53. The highest BCUT2D eigenvalue weighted by Gasteiger charge is 2.48. The Labute approximate surface area is 280 Å². The Morgan fingerprint density at radius 1 is 0.646 bits per heavy atom. The molecule has 0 spiro atoms. The molecule has 2 heterocycles. The molecule has 0 aromatic heterocycles. The number of nitrogens with one attached hydrogen (secondary N) is 1. The molecule has 0 fully saturated rings. The number of hydrogen-bond acceptors (Lipinski definition) is 9. The van der Waals surface area contributed by atoms with Crippen LogP contribution in [0.3, 0.4) is 0 Å². The highest BCUT2D eigenvalue weighted by molar-refractivity contribution is 6.10. The van der Waals surface area contributed by atoms with Crippen molar-refractivity contribution in [1.29, 1.82) is 0 Å². The van der Waals surface area contributed by atoms with Gasteiger partial charge in [-0.3, -0.25) is 0 Å². The maximum atomic E-state index is 14.2. The summed E-state index contributed by atoms with van der Waals surface area (Å²) in [6.07, 6.45) is 0. The van der Waals surface area contributed by atoms with Crippen molar-refractivity contribution in [2.24, 2.45) is 4.99 Å². The number of ether oxygens (including phenoxy) is 4. The van der Waals surface area contributed by atoms with E-state index in [-0.39, 0.29) is 13.2 Å². The summed E-state index contributed by atoms with van der Waals surface area (Å²) in [5, 5.41) is 3.52. The molecule has 2 unspecified atom stereocenters. The highest BCUT2D eigenvalue weighted by atomic mass is 16.5. The molecular weight excluding hydrogens is 606 g/mol. The third-order valence-corrected chi connectivity index (χ3v) is 8.29. The van der Waals surface area contributed by atoms with E-state index in [0.29, 0.717) is 40.0 Å². The molecule has 0 bridgehead atoms. The molecular formula is C39H37N3O6. The first-order valence-electron chi connectivity index (χ1n) is 15.8. The normalized spacial score (nSPS) is 17.2. The van der Waals surface area contributed by atoms with Gasteiger partial charge < -0.3 is 29.2 Å². The first-order valence-corrected chi connectivity index (χ1v) is 15.8. The van der Waals surface area contributed by atoms with Crippen LogP contribution in [0.1, 0.15) is 48.2 Å². The molecule has 2 aliphatic rings. The maximum absolute atomic E-state index is 14.2. The molecule has 0 saturated carbocycles. The zero-order chi connectivity index (χ0) is 33.6. The quantitative estimate of drug-likeness (QED) is 0.191. The van der Waals surface area contributed by atoms with Gasteiger partial charge in [-0.2, -0.15) is 0 Å². The second-order valence-corrected chi connectivity index (χ2v) is 11.0. The fourth-order valence-corrected chi connectivity index (χ4v) is 6.15. The van der Waals surface area contributed by atoms with Gasteiger partial charge in [0.15, 0.2) is 0 Å². The van der Waals surface area contributed by atoms with E-state index < -0.39 is 24.0 Å². The minimum Gasteiger partial charge on any atom is -0.497 e. The third kappa shape index (κ3) is 6.14. The Hall–Kier alpha value is -5.83. The summed E-state index contributed by atoms with van der Waals surface area (Å²) < 4.78 is 22.4. The number of esters is 2. The lowest BCUT2D eigenvalue weighted by atomic mass is 9.85. The predicted octanol–water partition coefficient (Wildman–Crippen LogP) is 6.71. The third-order valence-electron chi connectivity index (χ3n) is 8.29. The van der Waals surface area contributed by atoms with E-state index >= 15 is 0 Å². The molecule has 0 saturated heterocycles. The van der Waals surface area contributed by atoms with Gasteiger partial charge in [0.25, 0.3) is 0 Å². The second-order valence-electron chi connectivity index (χ2n) is 11.0. The van der Waals surface area contributed by atoms with Crippen molar-refractivity contribution in [1.82, 2.24) is 10.2 Å². The van der Waals surface area contributed by atoms with Crippen LogP contribution in [0.25, 0.3) is 11.4 Å². The molecule has 9 nitrogen and oxygen atoms in total. The van der Waals surface area contributed by atoms with Crippen LogP contribution in [0, 0.1) is 0 Å². The number of nitrogens with zero attached hydrogens (tertiary/aromatic N) is 2. The van der Waals surface area contributed by atoms with Crippen molar-refractivity contribution < 1.29 is 28.5 Å². The second kappa shape index (κ2) is 14.3. The van der Waals surface area contributed by atoms with E-state index in [1.165, 1.54) is 0 Å². The number of aliphatic imine (C=N–C) groups is 1. The lowest BCUT2D eigenvalue weighted by molar-refractivity contribution is -0.139. The Morgan fingerprint density at radius 2 is 1.10 bits per heavy atom. The standard InChI is InChI=1S/C39H37N3O6/c1-5-47-37(43)31-33(25-13-9-7-10-14-25)40-39-41-34(26-15-11-8-12-16-26)32(38(44)48-6-2)36(28-19-23-30(46-4)24-20-28)42(39)35(31)27-17-21-29(45-3)22-18-27/h7-24,35-36H,5-6H2,1-4H3,(H,40,41). The zero-order valence-electron chi connectivity index (χ0n) is 27.3. The van der Waals surface area contributed by atoms with Crippen molar-refractivity contribution in [3.63, 3.8) is 0 Å². The summed E-state index contributed by atoms with van der Waals surface area (Å²) >= 11 is 0. The molecule has 244 valence electrons. The predicted molar refractivity (Wildman–Crippen MR) is 184 cm³/mol. The van der Waals surface area contributed by atoms with Crippen molar-refractivity contribution in [3.05, 3.63) is 143 Å². The Bertz CT molecular complexity index is 1870. The number of benzene rings is 4. The summed E-state index contributed by atoms with van der Waals surface area (Å²) in [4.78, 5) is 35.5. The average Bonchev–Trinajstić information content (AvgIpc) is 3.14. The summed E-state index contributed by atoms with van der Waals surface area (Å²) in [6, 6.07) is 32.7. The van der Waals surface area contributed by atoms with Crippen molar-refractivity contribution in [2.45, 2.75) is 25.9 Å². The summed E-state index contributed by atoms with van der Waals surface area (Å²) in [5.41, 5.74) is 4.80. The van der Waals surface area contributed by atoms with E-state index in [0.717, 1.165) is 22.3 Å². The van der Waals surface area contributed by atoms with Crippen LogP contribution in [-0.4, -0.2) is 50.2 Å². The van der Waals surface area contributed by atoms with Crippen LogP contribution < -0.4 is 14.8 Å². The summed E-state index contributed by atoms with van der Waals surface area (Å²) in [6.45, 7) is 3.90. The van der Waals surface area contributed by atoms with Gasteiger partial charge in [0.05, 0.1) is 62.1 Å². The van der Waals surface area contributed by atoms with E-state index in [9.17, 15) is 9.59 Å². The first kappa shape index (κ1) is 32.1. The number of methoxy groups -OCH3 is 2. The fourth-order valence-electron chi connectivity index (χ4n) is 6.15. The molecule has 2 atom stereocenters. The van der Waals surface area contributed by atoms with Crippen LogP contribution in [-0.2, 0) is 19.1 Å². The number of guanidine groups is 1. The smallest absolute Gasteiger partial charge is 0.338 e. The van der Waals surface area contributed by atoms with Crippen LogP contribution in [0.2, 0.25) is 0 Å². The number of carbonyl (C=O) groups excluding carboxylic acids is 2. The molecule has 48 heavy (non-hydrogen) atoms. The summed E-state index contributed by atoms with van der Waals surface area (Å²) in [7, 11) is 3.21. The molecule has 0 aliphatic carbocycles. The van der Waals surface area contributed by atoms with E-state index in [1.807, 2.05) is 114 Å². The molecule has 4 aromatic rings. The van der Waals surface area contributed by atoms with Crippen molar-refractivity contribution in [2.75, 3.05) is 27.4 Å². The minimum atomic E-state index is -0.751. The van der Waals surface area contributed by atoms with Gasteiger partial charge in [-0.1, -0.05) is 84.9 Å². The molecule has 0 radical (unpaired) electrons. The maximum Gasteiger partial charge on any atom is 0.338 e. The number of carbonyl (C=O) groups is 2. The SMILES string of the molecule is CCOC(=O)C1=C(c2ccccc2)N=C2NC(c3ccccc3)=C(C(=O)OCC)C(c3ccc(OC)cc3)N2C1c1ccc(OC)cc1. The van der Waals surface area contributed by atoms with E-state index in [1.54, 1.807) is 28.1 Å². The topological polar surface area (TPSA) is 98.7 Å². The lowest BCUT2D eigenvalue weighted by Gasteiger charge is -2.47. The van der Waals surface area contributed by atoms with E-state index in [2.05, 4.69) is 5.32 Å². The number of rotatable bonds is 10. The number of hydrogen-bond donors (Lipinski definition) is 1. The first-order chi connectivity index (χ1) is 23.5. The largest absolute Gasteiger partial charge is 0.497 e. The Morgan fingerprint density at radius 3 is 1.58 bits per heavy atom. The van der Waals surface area contributed by atoms with Gasteiger partial charge in [0.1, 0.15) is 11.5 Å². The van der Waals surface area contributed by atoms with Crippen LogP contribution in [0.4, 0.5) is 0 Å². The van der Waals surface area contributed by atoms with Crippen LogP contribution >= 0.6 is 0 Å². The molecule has 0 amide bonds. The molecule has 6 rings (SSSR count). The number of fused-ring (bicyclic) bond motifs is 1. The van der Waals surface area contributed by atoms with Gasteiger partial charge in [-0.05, 0) is 54.8 Å². The monoisotopic (exact) mass is 643 g/mol. The van der Waals surface area contributed by atoms with Gasteiger partial charge in [-0.25, -0.2) is 14.6 Å². The Kier molecular flexibility index (Phi) is 9.57. The molecule has 4 aromatic carbocycles. The Balaban J connectivity index is 1.71. The highest BCUT2D eigenvalue weighted by Crippen LogP contribution is 2.49.